The second kappa shape index (κ2) is 3.32. The molecule has 1 aromatic heterocycles. The van der Waals surface area contributed by atoms with Crippen LogP contribution in [0.5, 0.6) is 0 Å². The van der Waals surface area contributed by atoms with Crippen LogP contribution in [0.4, 0.5) is 14.5 Å². The fourth-order valence-corrected chi connectivity index (χ4v) is 1.81. The van der Waals surface area contributed by atoms with Crippen LogP contribution in [0.1, 0.15) is 18.9 Å². The smallest absolute Gasteiger partial charge is 0.274 e. The first-order valence-electron chi connectivity index (χ1n) is 4.80. The molecule has 0 spiro atoms. The van der Waals surface area contributed by atoms with Crippen molar-refractivity contribution < 1.29 is 8.78 Å². The van der Waals surface area contributed by atoms with Gasteiger partial charge in [-0.3, -0.25) is 4.79 Å². The van der Waals surface area contributed by atoms with E-state index in [4.69, 9.17) is 0 Å². The molecule has 3 nitrogen and oxygen atoms in total. The minimum Gasteiger partial charge on any atom is -0.384 e. The fourth-order valence-electron chi connectivity index (χ4n) is 1.81. The highest BCUT2D eigenvalue weighted by molar-refractivity contribution is 5.39. The van der Waals surface area contributed by atoms with Gasteiger partial charge in [-0.1, -0.05) is 0 Å². The predicted molar refractivity (Wildman–Crippen MR) is 53.5 cm³/mol. The maximum Gasteiger partial charge on any atom is 0.274 e. The maximum atomic E-state index is 12.7. The number of hydrogen-bond donors (Lipinski definition) is 1. The molecule has 0 unspecified atom stereocenters. The third-order valence-electron chi connectivity index (χ3n) is 2.71. The van der Waals surface area contributed by atoms with Crippen LogP contribution in [-0.4, -0.2) is 17.5 Å². The number of nitrogens with one attached hydrogen (secondary N) is 1. The SMILES string of the molecule is CNc1cccn(C2CC(F)(F)C2)c1=O. The zero-order valence-electron chi connectivity index (χ0n) is 8.34. The molecule has 1 aliphatic rings. The van der Waals surface area contributed by atoms with Crippen molar-refractivity contribution >= 4 is 5.69 Å². The molecule has 0 atom stereocenters. The number of aromatic nitrogens is 1. The predicted octanol–water partition coefficient (Wildman–Crippen LogP) is 1.86. The van der Waals surface area contributed by atoms with E-state index >= 15 is 0 Å². The van der Waals surface area contributed by atoms with Crippen LogP contribution in [0, 0.1) is 0 Å². The van der Waals surface area contributed by atoms with Crippen molar-refractivity contribution in [3.8, 4) is 0 Å². The standard InChI is InChI=1S/C10H12F2N2O/c1-13-8-3-2-4-14(9(8)15)7-5-10(11,12)6-7/h2-4,7,13H,5-6H2,1H3. The van der Waals surface area contributed by atoms with Gasteiger partial charge in [0.2, 0.25) is 0 Å². The van der Waals surface area contributed by atoms with Crippen LogP contribution in [0.3, 0.4) is 0 Å². The molecule has 0 saturated heterocycles. The van der Waals surface area contributed by atoms with Gasteiger partial charge in [0.05, 0.1) is 0 Å². The largest absolute Gasteiger partial charge is 0.384 e. The second-order valence-corrected chi connectivity index (χ2v) is 3.80. The van der Waals surface area contributed by atoms with E-state index in [1.165, 1.54) is 4.57 Å². The Labute approximate surface area is 85.7 Å². The molecule has 0 aromatic carbocycles. The van der Waals surface area contributed by atoms with Gasteiger partial charge in [-0.15, -0.1) is 0 Å². The molecule has 1 fully saturated rings. The summed E-state index contributed by atoms with van der Waals surface area (Å²) in [6, 6.07) is 2.96. The Hall–Kier alpha value is -1.39. The summed E-state index contributed by atoms with van der Waals surface area (Å²) in [5.74, 6) is -2.60. The lowest BCUT2D eigenvalue weighted by Crippen LogP contribution is -2.41. The second-order valence-electron chi connectivity index (χ2n) is 3.80. The molecular formula is C10H12F2N2O. The average molecular weight is 214 g/mol. The van der Waals surface area contributed by atoms with Gasteiger partial charge in [0.1, 0.15) is 5.69 Å². The van der Waals surface area contributed by atoms with E-state index in [0.29, 0.717) is 5.69 Å². The van der Waals surface area contributed by atoms with E-state index < -0.39 is 5.92 Å². The molecule has 1 saturated carbocycles. The highest BCUT2D eigenvalue weighted by Crippen LogP contribution is 2.44. The highest BCUT2D eigenvalue weighted by Gasteiger charge is 2.46. The van der Waals surface area contributed by atoms with Crippen LogP contribution >= 0.6 is 0 Å². The third-order valence-corrected chi connectivity index (χ3v) is 2.71. The monoisotopic (exact) mass is 214 g/mol. The lowest BCUT2D eigenvalue weighted by Gasteiger charge is -2.36. The van der Waals surface area contributed by atoms with E-state index in [2.05, 4.69) is 5.32 Å². The molecule has 5 heteroatoms. The maximum absolute atomic E-state index is 12.7. The van der Waals surface area contributed by atoms with Gasteiger partial charge in [0, 0.05) is 32.1 Å². The Bertz CT molecular complexity index is 420. The first-order chi connectivity index (χ1) is 7.03. The summed E-state index contributed by atoms with van der Waals surface area (Å²) in [6.07, 6.45) is 1.09. The fraction of sp³-hybridized carbons (Fsp3) is 0.500. The third kappa shape index (κ3) is 1.73. The van der Waals surface area contributed by atoms with E-state index in [1.54, 1.807) is 25.4 Å². The van der Waals surface area contributed by atoms with Crippen molar-refractivity contribution in [2.75, 3.05) is 12.4 Å². The zero-order valence-corrected chi connectivity index (χ0v) is 8.34. The summed E-state index contributed by atoms with van der Waals surface area (Å²) in [7, 11) is 1.64. The first kappa shape index (κ1) is 10.1. The summed E-state index contributed by atoms with van der Waals surface area (Å²) in [4.78, 5) is 11.7. The zero-order chi connectivity index (χ0) is 11.1. The van der Waals surface area contributed by atoms with Gasteiger partial charge in [0.25, 0.3) is 11.5 Å². The Morgan fingerprint density at radius 2 is 2.20 bits per heavy atom. The van der Waals surface area contributed by atoms with Crippen molar-refractivity contribution in [2.24, 2.45) is 0 Å². The lowest BCUT2D eigenvalue weighted by atomic mass is 9.88. The van der Waals surface area contributed by atoms with Crippen LogP contribution in [-0.2, 0) is 0 Å². The average Bonchev–Trinajstić information content (AvgIpc) is 2.14. The number of alkyl halides is 2. The molecule has 82 valence electrons. The normalized spacial score (nSPS) is 19.7. The van der Waals surface area contributed by atoms with Crippen molar-refractivity contribution in [3.05, 3.63) is 28.7 Å². The Morgan fingerprint density at radius 3 is 2.73 bits per heavy atom. The minimum absolute atomic E-state index is 0.236. The number of halogens is 2. The molecule has 0 bridgehead atoms. The number of hydrogen-bond acceptors (Lipinski definition) is 2. The molecule has 0 radical (unpaired) electrons. The highest BCUT2D eigenvalue weighted by atomic mass is 19.3. The van der Waals surface area contributed by atoms with Gasteiger partial charge >= 0.3 is 0 Å². The van der Waals surface area contributed by atoms with Crippen molar-refractivity contribution in [3.63, 3.8) is 0 Å². The molecular weight excluding hydrogens is 202 g/mol. The Kier molecular flexibility index (Phi) is 2.25. The van der Waals surface area contributed by atoms with Gasteiger partial charge in [0.15, 0.2) is 0 Å². The van der Waals surface area contributed by atoms with Crippen LogP contribution in [0.15, 0.2) is 23.1 Å². The van der Waals surface area contributed by atoms with E-state index in [-0.39, 0.29) is 24.4 Å². The molecule has 0 amide bonds. The van der Waals surface area contributed by atoms with Crippen LogP contribution in [0.2, 0.25) is 0 Å². The summed E-state index contributed by atoms with van der Waals surface area (Å²) in [5.41, 5.74) is 0.202. The number of pyridine rings is 1. The van der Waals surface area contributed by atoms with E-state index in [0.717, 1.165) is 0 Å². The summed E-state index contributed by atoms with van der Waals surface area (Å²) in [6.45, 7) is 0. The minimum atomic E-state index is -2.60. The molecule has 1 aliphatic carbocycles. The van der Waals surface area contributed by atoms with Gasteiger partial charge < -0.3 is 9.88 Å². The number of rotatable bonds is 2. The summed E-state index contributed by atoms with van der Waals surface area (Å²) in [5, 5.41) is 2.74. The van der Waals surface area contributed by atoms with Crippen molar-refractivity contribution in [1.82, 2.24) is 4.57 Å². The Balaban J connectivity index is 2.27. The summed E-state index contributed by atoms with van der Waals surface area (Å²) >= 11 is 0. The molecule has 1 N–H and O–H groups in total. The van der Waals surface area contributed by atoms with E-state index in [9.17, 15) is 13.6 Å². The molecule has 15 heavy (non-hydrogen) atoms. The lowest BCUT2D eigenvalue weighted by molar-refractivity contribution is -0.104. The first-order valence-corrected chi connectivity index (χ1v) is 4.80. The van der Waals surface area contributed by atoms with Crippen molar-refractivity contribution in [2.45, 2.75) is 24.8 Å². The van der Waals surface area contributed by atoms with Gasteiger partial charge in [-0.05, 0) is 12.1 Å². The van der Waals surface area contributed by atoms with Gasteiger partial charge in [-0.2, -0.15) is 0 Å². The number of anilines is 1. The number of nitrogens with zero attached hydrogens (tertiary/aromatic N) is 1. The molecule has 1 heterocycles. The quantitative estimate of drug-likeness (QED) is 0.815. The topological polar surface area (TPSA) is 34.0 Å². The molecule has 1 aromatic rings. The Morgan fingerprint density at radius 1 is 1.53 bits per heavy atom. The summed E-state index contributed by atoms with van der Waals surface area (Å²) < 4.78 is 26.7. The van der Waals surface area contributed by atoms with Crippen LogP contribution < -0.4 is 10.9 Å². The van der Waals surface area contributed by atoms with Crippen LogP contribution in [0.25, 0.3) is 0 Å². The molecule has 0 aliphatic heterocycles. The van der Waals surface area contributed by atoms with Crippen molar-refractivity contribution in [1.29, 1.82) is 0 Å². The van der Waals surface area contributed by atoms with E-state index in [1.807, 2.05) is 0 Å². The van der Waals surface area contributed by atoms with Gasteiger partial charge in [-0.25, -0.2) is 8.78 Å². The molecule has 2 rings (SSSR count).